The first-order valence-corrected chi connectivity index (χ1v) is 11.5. The van der Waals surface area contributed by atoms with Gasteiger partial charge < -0.3 is 14.8 Å². The van der Waals surface area contributed by atoms with Crippen molar-refractivity contribution in [3.05, 3.63) is 100 Å². The first-order chi connectivity index (χ1) is 17.4. The lowest BCUT2D eigenvalue weighted by Gasteiger charge is -2.05. The number of carbonyl (C=O) groups excluding carboxylic acids is 2. The standard InChI is InChI=1S/C25H18N4O6S/c30-21-7-2-1-4-16(21)10-13-22(31)17-8-11-19(12-9-17)26-23(32)15-36-25-28-27-24(35-25)18-5-3-6-20(14-18)29(33)34/h1-14,30H,15H2,(H,26,32)/b13-10-. The van der Waals surface area contributed by atoms with Gasteiger partial charge >= 0.3 is 0 Å². The van der Waals surface area contributed by atoms with Gasteiger partial charge in [-0.2, -0.15) is 0 Å². The van der Waals surface area contributed by atoms with E-state index in [1.165, 1.54) is 36.4 Å². The van der Waals surface area contributed by atoms with Crippen molar-refractivity contribution in [2.24, 2.45) is 0 Å². The number of amides is 1. The van der Waals surface area contributed by atoms with Crippen LogP contribution >= 0.6 is 11.8 Å². The second kappa shape index (κ2) is 11.1. The quantitative estimate of drug-likeness (QED) is 0.106. The second-order valence-corrected chi connectivity index (χ2v) is 8.28. The Kier molecular flexibility index (Phi) is 7.51. The van der Waals surface area contributed by atoms with Gasteiger partial charge in [-0.3, -0.25) is 19.7 Å². The van der Waals surface area contributed by atoms with Crippen LogP contribution in [0.1, 0.15) is 15.9 Å². The number of hydrogen-bond acceptors (Lipinski definition) is 9. The van der Waals surface area contributed by atoms with Gasteiger partial charge in [0.05, 0.1) is 10.7 Å². The number of para-hydroxylation sites is 1. The number of anilines is 1. The number of thioether (sulfide) groups is 1. The Balaban J connectivity index is 1.30. The third-order valence-electron chi connectivity index (χ3n) is 4.84. The first kappa shape index (κ1) is 24.4. The van der Waals surface area contributed by atoms with Crippen LogP contribution in [0.2, 0.25) is 0 Å². The predicted octanol–water partition coefficient (Wildman–Crippen LogP) is 4.98. The molecule has 0 spiro atoms. The number of benzene rings is 3. The Morgan fingerprint density at radius 2 is 1.83 bits per heavy atom. The number of carbonyl (C=O) groups is 2. The van der Waals surface area contributed by atoms with E-state index in [0.29, 0.717) is 22.4 Å². The number of non-ortho nitro benzene ring substituents is 1. The van der Waals surface area contributed by atoms with E-state index >= 15 is 0 Å². The molecule has 1 amide bonds. The third-order valence-corrected chi connectivity index (χ3v) is 5.66. The summed E-state index contributed by atoms with van der Waals surface area (Å²) >= 11 is 1.02. The molecule has 36 heavy (non-hydrogen) atoms. The molecule has 0 aliphatic rings. The Labute approximate surface area is 208 Å². The Hall–Kier alpha value is -4.77. The zero-order chi connectivity index (χ0) is 25.5. The summed E-state index contributed by atoms with van der Waals surface area (Å²) in [6, 6.07) is 18.9. The summed E-state index contributed by atoms with van der Waals surface area (Å²) in [5.74, 6) is -0.395. The van der Waals surface area contributed by atoms with E-state index in [4.69, 9.17) is 4.42 Å². The molecule has 0 bridgehead atoms. The van der Waals surface area contributed by atoms with Gasteiger partial charge in [0.2, 0.25) is 11.8 Å². The van der Waals surface area contributed by atoms with Crippen molar-refractivity contribution < 1.29 is 24.0 Å². The maximum absolute atomic E-state index is 12.4. The maximum Gasteiger partial charge on any atom is 0.277 e. The van der Waals surface area contributed by atoms with Gasteiger partial charge in [-0.15, -0.1) is 10.2 Å². The minimum atomic E-state index is -0.518. The predicted molar refractivity (Wildman–Crippen MR) is 134 cm³/mol. The molecule has 0 saturated carbocycles. The van der Waals surface area contributed by atoms with Crippen LogP contribution in [0.15, 0.2) is 88.5 Å². The van der Waals surface area contributed by atoms with Crippen LogP contribution in [0.25, 0.3) is 17.5 Å². The molecule has 1 aromatic heterocycles. The molecule has 0 saturated heterocycles. The zero-order valence-corrected chi connectivity index (χ0v) is 19.3. The number of nitrogens with one attached hydrogen (secondary N) is 1. The fourth-order valence-corrected chi connectivity index (χ4v) is 3.63. The van der Waals surface area contributed by atoms with Crippen LogP contribution < -0.4 is 5.32 Å². The number of rotatable bonds is 9. The topological polar surface area (TPSA) is 148 Å². The molecule has 0 aliphatic carbocycles. The van der Waals surface area contributed by atoms with E-state index in [-0.39, 0.29) is 40.0 Å². The molecule has 180 valence electrons. The van der Waals surface area contributed by atoms with Crippen molar-refractivity contribution in [1.82, 2.24) is 10.2 Å². The number of aromatic hydroxyl groups is 1. The fraction of sp³-hybridized carbons (Fsp3) is 0.0400. The summed E-state index contributed by atoms with van der Waals surface area (Å²) in [5, 5.41) is 31.3. The monoisotopic (exact) mass is 502 g/mol. The van der Waals surface area contributed by atoms with Gasteiger partial charge in [-0.05, 0) is 48.6 Å². The number of phenolic OH excluding ortho intramolecular Hbond substituents is 1. The van der Waals surface area contributed by atoms with E-state index in [1.54, 1.807) is 48.5 Å². The molecule has 11 heteroatoms. The molecule has 2 N–H and O–H groups in total. The molecule has 0 atom stereocenters. The van der Waals surface area contributed by atoms with Crippen molar-refractivity contribution in [2.75, 3.05) is 11.1 Å². The lowest BCUT2D eigenvalue weighted by Crippen LogP contribution is -2.14. The number of ketones is 1. The summed E-state index contributed by atoms with van der Waals surface area (Å²) in [7, 11) is 0. The molecule has 0 radical (unpaired) electrons. The van der Waals surface area contributed by atoms with Crippen LogP contribution in [0, 0.1) is 10.1 Å². The number of phenols is 1. The Bertz CT molecular complexity index is 1450. The van der Waals surface area contributed by atoms with Crippen molar-refractivity contribution in [3.8, 4) is 17.2 Å². The molecule has 0 fully saturated rings. The average Bonchev–Trinajstić information content (AvgIpc) is 3.36. The van der Waals surface area contributed by atoms with E-state index in [0.717, 1.165) is 11.8 Å². The first-order valence-electron chi connectivity index (χ1n) is 10.5. The molecule has 4 rings (SSSR count). The Morgan fingerprint density at radius 1 is 1.06 bits per heavy atom. The van der Waals surface area contributed by atoms with Crippen molar-refractivity contribution in [3.63, 3.8) is 0 Å². The molecular formula is C25H18N4O6S. The van der Waals surface area contributed by atoms with Crippen LogP contribution in [0.5, 0.6) is 5.75 Å². The summed E-state index contributed by atoms with van der Waals surface area (Å²) in [6.45, 7) is 0. The van der Waals surface area contributed by atoms with Crippen LogP contribution in [0.3, 0.4) is 0 Å². The number of nitrogens with zero attached hydrogens (tertiary/aromatic N) is 3. The molecule has 10 nitrogen and oxygen atoms in total. The SMILES string of the molecule is O=C(CSc1nnc(-c2cccc([N+](=O)[O-])c2)o1)Nc1ccc(C(=O)/C=C\c2ccccc2O)cc1. The zero-order valence-electron chi connectivity index (χ0n) is 18.5. The second-order valence-electron chi connectivity index (χ2n) is 7.35. The average molecular weight is 503 g/mol. The highest BCUT2D eigenvalue weighted by Crippen LogP contribution is 2.26. The maximum atomic E-state index is 12.4. The number of nitro benzene ring substituents is 1. The summed E-state index contributed by atoms with van der Waals surface area (Å²) < 4.78 is 5.49. The third kappa shape index (κ3) is 6.21. The van der Waals surface area contributed by atoms with Crippen LogP contribution in [0.4, 0.5) is 11.4 Å². The highest BCUT2D eigenvalue weighted by Gasteiger charge is 2.14. The smallest absolute Gasteiger partial charge is 0.277 e. The van der Waals surface area contributed by atoms with Gasteiger partial charge in [-0.1, -0.05) is 36.0 Å². The highest BCUT2D eigenvalue weighted by molar-refractivity contribution is 7.99. The van der Waals surface area contributed by atoms with Gasteiger partial charge in [0.15, 0.2) is 5.78 Å². The molecule has 1 heterocycles. The lowest BCUT2D eigenvalue weighted by atomic mass is 10.1. The minimum absolute atomic E-state index is 0.0133. The number of hydrogen-bond donors (Lipinski definition) is 2. The van der Waals surface area contributed by atoms with Crippen molar-refractivity contribution >= 4 is 40.9 Å². The number of allylic oxidation sites excluding steroid dienone is 1. The molecule has 0 unspecified atom stereocenters. The number of aromatic nitrogens is 2. The number of nitro groups is 1. The molecule has 0 aliphatic heterocycles. The van der Waals surface area contributed by atoms with E-state index < -0.39 is 4.92 Å². The van der Waals surface area contributed by atoms with Gasteiger partial charge in [0.1, 0.15) is 5.75 Å². The summed E-state index contributed by atoms with van der Waals surface area (Å²) in [6.07, 6.45) is 2.90. The van der Waals surface area contributed by atoms with Gasteiger partial charge in [0.25, 0.3) is 10.9 Å². The van der Waals surface area contributed by atoms with E-state index in [2.05, 4.69) is 15.5 Å². The molecule has 3 aromatic carbocycles. The largest absolute Gasteiger partial charge is 0.507 e. The van der Waals surface area contributed by atoms with Gasteiger partial charge in [-0.25, -0.2) is 0 Å². The molecule has 4 aromatic rings. The van der Waals surface area contributed by atoms with Crippen molar-refractivity contribution in [2.45, 2.75) is 5.22 Å². The Morgan fingerprint density at radius 3 is 2.58 bits per heavy atom. The normalized spacial score (nSPS) is 10.9. The fourth-order valence-electron chi connectivity index (χ4n) is 3.07. The minimum Gasteiger partial charge on any atom is -0.507 e. The lowest BCUT2D eigenvalue weighted by molar-refractivity contribution is -0.384. The summed E-state index contributed by atoms with van der Waals surface area (Å²) in [5.41, 5.74) is 1.76. The van der Waals surface area contributed by atoms with E-state index in [9.17, 15) is 24.8 Å². The van der Waals surface area contributed by atoms with Crippen LogP contribution in [-0.2, 0) is 4.79 Å². The van der Waals surface area contributed by atoms with E-state index in [1.807, 2.05) is 0 Å². The summed E-state index contributed by atoms with van der Waals surface area (Å²) in [4.78, 5) is 35.1. The van der Waals surface area contributed by atoms with Gasteiger partial charge in [0, 0.05) is 34.5 Å². The highest BCUT2D eigenvalue weighted by atomic mass is 32.2. The van der Waals surface area contributed by atoms with Crippen molar-refractivity contribution in [1.29, 1.82) is 0 Å². The van der Waals surface area contributed by atoms with Crippen LogP contribution in [-0.4, -0.2) is 37.7 Å². The molecular weight excluding hydrogens is 484 g/mol.